The van der Waals surface area contributed by atoms with Gasteiger partial charge < -0.3 is 15.5 Å². The number of hydrogen-bond acceptors (Lipinski definition) is 4. The molecule has 2 N–H and O–H groups in total. The molecular weight excluding hydrogens is 536 g/mol. The number of carbonyl (C=O) groups is 1. The largest absolute Gasteiger partial charge is 0.416 e. The Morgan fingerprint density at radius 3 is 2.43 bits per heavy atom. The number of guanidine groups is 1. The molecule has 1 rings (SSSR count). The van der Waals surface area contributed by atoms with Crippen LogP contribution in [0.5, 0.6) is 0 Å². The van der Waals surface area contributed by atoms with Crippen LogP contribution in [0, 0.1) is 0 Å². The van der Waals surface area contributed by atoms with E-state index in [1.54, 1.807) is 21.0 Å². The highest BCUT2D eigenvalue weighted by molar-refractivity contribution is 14.0. The van der Waals surface area contributed by atoms with Crippen LogP contribution in [-0.2, 0) is 27.4 Å². The molecule has 1 atom stereocenters. The summed E-state index contributed by atoms with van der Waals surface area (Å²) < 4.78 is 61.2. The second kappa shape index (κ2) is 12.3. The van der Waals surface area contributed by atoms with Gasteiger partial charge in [0.2, 0.25) is 5.91 Å². The van der Waals surface area contributed by atoms with E-state index in [-0.39, 0.29) is 60.7 Å². The molecule has 172 valence electrons. The summed E-state index contributed by atoms with van der Waals surface area (Å²) >= 11 is 0. The average Bonchev–Trinajstić information content (AvgIpc) is 2.60. The van der Waals surface area contributed by atoms with E-state index in [2.05, 4.69) is 15.6 Å². The molecule has 0 aliphatic heterocycles. The average molecular weight is 564 g/mol. The van der Waals surface area contributed by atoms with Crippen molar-refractivity contribution in [1.29, 1.82) is 0 Å². The summed E-state index contributed by atoms with van der Waals surface area (Å²) in [5.41, 5.74) is -0.416. The molecule has 1 amide bonds. The van der Waals surface area contributed by atoms with Crippen molar-refractivity contribution in [3.8, 4) is 0 Å². The molecule has 0 aliphatic carbocycles. The van der Waals surface area contributed by atoms with Crippen molar-refractivity contribution in [3.63, 3.8) is 0 Å². The van der Waals surface area contributed by atoms with Gasteiger partial charge in [-0.2, -0.15) is 13.2 Å². The van der Waals surface area contributed by atoms with Crippen molar-refractivity contribution in [2.75, 3.05) is 32.6 Å². The highest BCUT2D eigenvalue weighted by Gasteiger charge is 2.30. The first kappa shape index (κ1) is 28.4. The van der Waals surface area contributed by atoms with Gasteiger partial charge >= 0.3 is 6.18 Å². The fraction of sp³-hybridized carbons (Fsp3) is 0.556. The van der Waals surface area contributed by atoms with Gasteiger partial charge in [0.1, 0.15) is 9.84 Å². The van der Waals surface area contributed by atoms with E-state index in [4.69, 9.17) is 0 Å². The number of alkyl halides is 3. The smallest absolute Gasteiger partial charge is 0.354 e. The van der Waals surface area contributed by atoms with Crippen LogP contribution >= 0.6 is 24.0 Å². The molecule has 1 aromatic rings. The minimum Gasteiger partial charge on any atom is -0.354 e. The quantitative estimate of drug-likeness (QED) is 0.288. The fourth-order valence-corrected chi connectivity index (χ4v) is 2.96. The minimum absolute atomic E-state index is 0. The van der Waals surface area contributed by atoms with Gasteiger partial charge in [-0.15, -0.1) is 24.0 Å². The van der Waals surface area contributed by atoms with Crippen molar-refractivity contribution >= 4 is 45.7 Å². The molecule has 0 spiro atoms. The van der Waals surface area contributed by atoms with Crippen molar-refractivity contribution in [3.05, 3.63) is 35.4 Å². The molecule has 1 unspecified atom stereocenters. The lowest BCUT2D eigenvalue weighted by atomic mass is 10.1. The summed E-state index contributed by atoms with van der Waals surface area (Å²) in [6, 6.07) is 4.53. The topological polar surface area (TPSA) is 90.9 Å². The summed E-state index contributed by atoms with van der Waals surface area (Å²) in [6.45, 7) is 1.63. The predicted molar refractivity (Wildman–Crippen MR) is 122 cm³/mol. The Balaban J connectivity index is 0.00000841. The molecule has 0 bridgehead atoms. The Morgan fingerprint density at radius 1 is 1.27 bits per heavy atom. The van der Waals surface area contributed by atoms with Gasteiger partial charge in [0.05, 0.1) is 24.4 Å². The molecule has 0 heterocycles. The minimum atomic E-state index is -4.45. The van der Waals surface area contributed by atoms with Crippen molar-refractivity contribution in [1.82, 2.24) is 15.5 Å². The number of amides is 1. The van der Waals surface area contributed by atoms with E-state index in [9.17, 15) is 26.4 Å². The van der Waals surface area contributed by atoms with Crippen LogP contribution in [0.4, 0.5) is 13.2 Å². The Kier molecular flexibility index (Phi) is 11.7. The molecule has 0 radical (unpaired) electrons. The standard InChI is InChI=1S/C18H27F3N4O3S.HI/c1-13(8-9-29(4,27)28)24-17(23-12-16(26)25(2)3)22-11-14-6-5-7-15(10-14)18(19,20)21;/h5-7,10,13H,8-9,11-12H2,1-4H3,(H2,22,23,24);1H. The van der Waals surface area contributed by atoms with Crippen LogP contribution < -0.4 is 10.6 Å². The van der Waals surface area contributed by atoms with Crippen LogP contribution in [0.2, 0.25) is 0 Å². The first-order valence-electron chi connectivity index (χ1n) is 8.87. The Labute approximate surface area is 192 Å². The number of aliphatic imine (C=N–C) groups is 1. The van der Waals surface area contributed by atoms with Gasteiger partial charge in [-0.25, -0.2) is 13.4 Å². The molecule has 0 saturated heterocycles. The van der Waals surface area contributed by atoms with Gasteiger partial charge in [0.25, 0.3) is 0 Å². The summed E-state index contributed by atoms with van der Waals surface area (Å²) in [5, 5.41) is 5.80. The van der Waals surface area contributed by atoms with E-state index < -0.39 is 21.6 Å². The van der Waals surface area contributed by atoms with Gasteiger partial charge in [0, 0.05) is 26.4 Å². The fourth-order valence-electron chi connectivity index (χ4n) is 2.18. The number of halogens is 4. The van der Waals surface area contributed by atoms with Crippen LogP contribution in [-0.4, -0.2) is 63.9 Å². The zero-order valence-corrected chi connectivity index (χ0v) is 20.4. The molecule has 0 saturated carbocycles. The van der Waals surface area contributed by atoms with Crippen LogP contribution in [0.25, 0.3) is 0 Å². The molecule has 30 heavy (non-hydrogen) atoms. The first-order chi connectivity index (χ1) is 13.3. The van der Waals surface area contributed by atoms with Crippen LogP contribution in [0.1, 0.15) is 24.5 Å². The number of rotatable bonds is 8. The van der Waals surface area contributed by atoms with Gasteiger partial charge in [-0.3, -0.25) is 4.79 Å². The third-order valence-electron chi connectivity index (χ3n) is 3.88. The number of nitrogens with one attached hydrogen (secondary N) is 2. The molecule has 0 aliphatic rings. The van der Waals surface area contributed by atoms with E-state index in [1.807, 2.05) is 0 Å². The SMILES string of the molecule is CC(CCS(C)(=O)=O)NC(=NCc1cccc(C(F)(F)F)c1)NCC(=O)N(C)C.I. The Morgan fingerprint density at radius 2 is 1.90 bits per heavy atom. The maximum absolute atomic E-state index is 12.9. The summed E-state index contributed by atoms with van der Waals surface area (Å²) in [4.78, 5) is 17.4. The van der Waals surface area contributed by atoms with Crippen LogP contribution in [0.15, 0.2) is 29.3 Å². The van der Waals surface area contributed by atoms with Crippen molar-refractivity contribution < 1.29 is 26.4 Å². The number of benzene rings is 1. The van der Waals surface area contributed by atoms with E-state index in [0.717, 1.165) is 18.4 Å². The second-order valence-electron chi connectivity index (χ2n) is 6.97. The number of sulfone groups is 1. The number of hydrogen-bond donors (Lipinski definition) is 2. The van der Waals surface area contributed by atoms with Gasteiger partial charge in [-0.1, -0.05) is 12.1 Å². The molecule has 0 fully saturated rings. The van der Waals surface area contributed by atoms with Crippen LogP contribution in [0.3, 0.4) is 0 Å². The zero-order valence-electron chi connectivity index (χ0n) is 17.3. The van der Waals surface area contributed by atoms with E-state index in [1.165, 1.54) is 17.0 Å². The maximum Gasteiger partial charge on any atom is 0.416 e. The molecular formula is C18H28F3IN4O3S. The normalized spacial score (nSPS) is 13.2. The highest BCUT2D eigenvalue weighted by Crippen LogP contribution is 2.29. The first-order valence-corrected chi connectivity index (χ1v) is 10.9. The lowest BCUT2D eigenvalue weighted by molar-refractivity contribution is -0.137. The third-order valence-corrected chi connectivity index (χ3v) is 4.86. The third kappa shape index (κ3) is 11.6. The van der Waals surface area contributed by atoms with E-state index >= 15 is 0 Å². The maximum atomic E-state index is 12.9. The van der Waals surface area contributed by atoms with Crippen molar-refractivity contribution in [2.24, 2.45) is 4.99 Å². The highest BCUT2D eigenvalue weighted by atomic mass is 127. The monoisotopic (exact) mass is 564 g/mol. The summed E-state index contributed by atoms with van der Waals surface area (Å²) in [5.74, 6) is -0.0421. The molecule has 7 nitrogen and oxygen atoms in total. The van der Waals surface area contributed by atoms with Gasteiger partial charge in [-0.05, 0) is 31.0 Å². The summed E-state index contributed by atoms with van der Waals surface area (Å²) in [7, 11) is 0.0443. The molecule has 0 aromatic heterocycles. The summed E-state index contributed by atoms with van der Waals surface area (Å²) in [6.07, 6.45) is -3.00. The number of carbonyl (C=O) groups excluding carboxylic acids is 1. The Hall–Kier alpha value is -1.57. The van der Waals surface area contributed by atoms with Crippen molar-refractivity contribution in [2.45, 2.75) is 32.1 Å². The number of nitrogens with zero attached hydrogens (tertiary/aromatic N) is 2. The zero-order chi connectivity index (χ0) is 22.2. The lowest BCUT2D eigenvalue weighted by Gasteiger charge is -2.19. The molecule has 12 heteroatoms. The Bertz CT molecular complexity index is 830. The molecule has 1 aromatic carbocycles. The second-order valence-corrected chi connectivity index (χ2v) is 9.23. The van der Waals surface area contributed by atoms with Gasteiger partial charge in [0.15, 0.2) is 5.96 Å². The predicted octanol–water partition coefficient (Wildman–Crippen LogP) is 2.27. The lowest BCUT2D eigenvalue weighted by Crippen LogP contribution is -2.46. The number of likely N-dealkylation sites (N-methyl/N-ethyl adjacent to an activating group) is 1. The van der Waals surface area contributed by atoms with E-state index in [0.29, 0.717) is 12.0 Å².